The third-order valence-corrected chi connectivity index (χ3v) is 2.89. The van der Waals surface area contributed by atoms with Crippen LogP contribution in [0.2, 0.25) is 0 Å². The lowest BCUT2D eigenvalue weighted by molar-refractivity contribution is -0.137. The van der Waals surface area contributed by atoms with Gasteiger partial charge in [-0.1, -0.05) is 0 Å². The van der Waals surface area contributed by atoms with Crippen molar-refractivity contribution in [1.82, 2.24) is 4.90 Å². The summed E-state index contributed by atoms with van der Waals surface area (Å²) < 4.78 is 35.9. The van der Waals surface area contributed by atoms with Crippen LogP contribution in [0.15, 0.2) is 0 Å². The number of carboxylic acid groups (broad SMARTS) is 1. The van der Waals surface area contributed by atoms with Gasteiger partial charge in [0.1, 0.15) is 0 Å². The van der Waals surface area contributed by atoms with E-state index in [2.05, 4.69) is 0 Å². The third-order valence-electron chi connectivity index (χ3n) is 2.17. The molecule has 0 rings (SSSR count). The number of hydrogen-bond donors (Lipinski definition) is 1. The highest BCUT2D eigenvalue weighted by Gasteiger charge is 2.29. The maximum Gasteiger partial charge on any atom is 0.441 e. The molecule has 0 atom stereocenters. The molecule has 0 bridgehead atoms. The van der Waals surface area contributed by atoms with Crippen LogP contribution in [0, 0.1) is 0 Å². The van der Waals surface area contributed by atoms with E-state index in [-0.39, 0.29) is 42.6 Å². The quantitative estimate of drug-likeness (QED) is 0.808. The van der Waals surface area contributed by atoms with E-state index in [1.165, 1.54) is 0 Å². The molecule has 0 saturated carbocycles. The average Bonchev–Trinajstić information content (AvgIpc) is 2.06. The van der Waals surface area contributed by atoms with E-state index in [1.807, 2.05) is 20.8 Å². The molecule has 1 N–H and O–H groups in total. The van der Waals surface area contributed by atoms with E-state index in [0.29, 0.717) is 0 Å². The van der Waals surface area contributed by atoms with Crippen molar-refractivity contribution in [2.75, 3.05) is 18.8 Å². The number of thioether (sulfide) groups is 1. The Morgan fingerprint density at radius 2 is 1.76 bits per heavy atom. The fourth-order valence-electron chi connectivity index (χ4n) is 1.28. The molecular weight excluding hydrogens is 255 g/mol. The zero-order valence-electron chi connectivity index (χ0n) is 10.2. The number of nitrogens with zero attached hydrogens (tertiary/aromatic N) is 1. The SMILES string of the molecule is CC(C)(C)N(CCSC(F)(F)F)CCC(=O)O. The monoisotopic (exact) mass is 273 g/mol. The second kappa shape index (κ2) is 6.49. The number of carboxylic acids is 1. The van der Waals surface area contributed by atoms with Crippen LogP contribution >= 0.6 is 11.8 Å². The van der Waals surface area contributed by atoms with Crippen LogP contribution in [-0.2, 0) is 4.79 Å². The Hall–Kier alpha value is -0.430. The molecule has 17 heavy (non-hydrogen) atoms. The summed E-state index contributed by atoms with van der Waals surface area (Å²) >= 11 is -0.0768. The molecule has 0 heterocycles. The molecule has 0 unspecified atom stereocenters. The van der Waals surface area contributed by atoms with Gasteiger partial charge in [0, 0.05) is 24.4 Å². The molecule has 102 valence electrons. The van der Waals surface area contributed by atoms with Gasteiger partial charge in [-0.25, -0.2) is 0 Å². The molecule has 0 aromatic carbocycles. The molecule has 0 aromatic rings. The molecule has 0 aliphatic carbocycles. The second-order valence-corrected chi connectivity index (χ2v) is 5.76. The number of hydrogen-bond acceptors (Lipinski definition) is 3. The van der Waals surface area contributed by atoms with Gasteiger partial charge in [-0.2, -0.15) is 13.2 Å². The van der Waals surface area contributed by atoms with Crippen molar-refractivity contribution in [2.24, 2.45) is 0 Å². The Balaban J connectivity index is 4.17. The molecule has 0 spiro atoms. The largest absolute Gasteiger partial charge is 0.481 e. The second-order valence-electron chi connectivity index (χ2n) is 4.60. The Labute approximate surface area is 103 Å². The minimum Gasteiger partial charge on any atom is -0.481 e. The molecule has 0 aromatic heterocycles. The summed E-state index contributed by atoms with van der Waals surface area (Å²) in [6.45, 7) is 6.05. The van der Waals surface area contributed by atoms with Gasteiger partial charge in [-0.05, 0) is 32.5 Å². The number of alkyl halides is 3. The van der Waals surface area contributed by atoms with Crippen molar-refractivity contribution in [1.29, 1.82) is 0 Å². The van der Waals surface area contributed by atoms with E-state index >= 15 is 0 Å². The molecule has 0 saturated heterocycles. The van der Waals surface area contributed by atoms with Gasteiger partial charge in [-0.15, -0.1) is 0 Å². The minimum atomic E-state index is -4.23. The predicted molar refractivity (Wildman–Crippen MR) is 62.1 cm³/mol. The smallest absolute Gasteiger partial charge is 0.441 e. The first-order chi connectivity index (χ1) is 7.52. The average molecular weight is 273 g/mol. The summed E-state index contributed by atoms with van der Waals surface area (Å²) in [5.41, 5.74) is -4.56. The van der Waals surface area contributed by atoms with Crippen LogP contribution in [0.25, 0.3) is 0 Å². The molecule has 0 fully saturated rings. The topological polar surface area (TPSA) is 40.5 Å². The summed E-state index contributed by atoms with van der Waals surface area (Å²) in [5.74, 6) is -1.02. The maximum absolute atomic E-state index is 12.0. The number of aliphatic carboxylic acids is 1. The molecule has 3 nitrogen and oxygen atoms in total. The maximum atomic E-state index is 12.0. The van der Waals surface area contributed by atoms with Crippen LogP contribution in [-0.4, -0.2) is 45.9 Å². The Morgan fingerprint density at radius 1 is 1.24 bits per heavy atom. The normalized spacial score (nSPS) is 13.1. The molecule has 0 radical (unpaired) electrons. The van der Waals surface area contributed by atoms with Crippen molar-refractivity contribution in [2.45, 2.75) is 38.2 Å². The van der Waals surface area contributed by atoms with E-state index in [0.717, 1.165) is 0 Å². The highest BCUT2D eigenvalue weighted by Crippen LogP contribution is 2.30. The Bertz CT molecular complexity index is 251. The Morgan fingerprint density at radius 3 is 2.12 bits per heavy atom. The van der Waals surface area contributed by atoms with Gasteiger partial charge in [0.25, 0.3) is 0 Å². The number of halogens is 3. The summed E-state index contributed by atoms with van der Waals surface area (Å²) in [6.07, 6.45) is -0.0616. The van der Waals surface area contributed by atoms with Gasteiger partial charge in [0.05, 0.1) is 6.42 Å². The molecule has 0 amide bonds. The van der Waals surface area contributed by atoms with Gasteiger partial charge in [-0.3, -0.25) is 9.69 Å². The van der Waals surface area contributed by atoms with Crippen molar-refractivity contribution < 1.29 is 23.1 Å². The third kappa shape index (κ3) is 9.29. The summed E-state index contributed by atoms with van der Waals surface area (Å²) in [6, 6.07) is 0. The molecule has 0 aliphatic heterocycles. The lowest BCUT2D eigenvalue weighted by Crippen LogP contribution is -2.44. The van der Waals surface area contributed by atoms with Crippen LogP contribution in [0.5, 0.6) is 0 Å². The highest BCUT2D eigenvalue weighted by atomic mass is 32.2. The van der Waals surface area contributed by atoms with Crippen LogP contribution in [0.1, 0.15) is 27.2 Å². The van der Waals surface area contributed by atoms with Crippen molar-refractivity contribution in [3.05, 3.63) is 0 Å². The first kappa shape index (κ1) is 16.6. The van der Waals surface area contributed by atoms with Gasteiger partial charge in [0.15, 0.2) is 0 Å². The van der Waals surface area contributed by atoms with Crippen molar-refractivity contribution in [3.63, 3.8) is 0 Å². The summed E-state index contributed by atoms with van der Waals surface area (Å²) in [4.78, 5) is 12.2. The lowest BCUT2D eigenvalue weighted by Gasteiger charge is -2.35. The van der Waals surface area contributed by atoms with Gasteiger partial charge < -0.3 is 5.11 Å². The number of carbonyl (C=O) groups is 1. The predicted octanol–water partition coefficient (Wildman–Crippen LogP) is 2.81. The van der Waals surface area contributed by atoms with E-state index in [1.54, 1.807) is 4.90 Å². The van der Waals surface area contributed by atoms with Crippen LogP contribution in [0.3, 0.4) is 0 Å². The van der Waals surface area contributed by atoms with Gasteiger partial charge in [0.2, 0.25) is 0 Å². The molecule has 7 heteroatoms. The standard InChI is InChI=1S/C10H18F3NO2S/c1-9(2,3)14(5-4-8(15)16)6-7-17-10(11,12)13/h4-7H2,1-3H3,(H,15,16). The van der Waals surface area contributed by atoms with Gasteiger partial charge >= 0.3 is 11.5 Å². The first-order valence-electron chi connectivity index (χ1n) is 5.20. The fourth-order valence-corrected chi connectivity index (χ4v) is 1.83. The Kier molecular flexibility index (Phi) is 6.32. The molecule has 0 aliphatic rings. The van der Waals surface area contributed by atoms with Crippen LogP contribution < -0.4 is 0 Å². The van der Waals surface area contributed by atoms with E-state index in [9.17, 15) is 18.0 Å². The fraction of sp³-hybridized carbons (Fsp3) is 0.900. The van der Waals surface area contributed by atoms with Crippen LogP contribution in [0.4, 0.5) is 13.2 Å². The zero-order chi connectivity index (χ0) is 13.7. The minimum absolute atomic E-state index is 0.0616. The van der Waals surface area contributed by atoms with Crippen molar-refractivity contribution in [3.8, 4) is 0 Å². The zero-order valence-corrected chi connectivity index (χ0v) is 11.0. The lowest BCUT2D eigenvalue weighted by atomic mass is 10.1. The summed E-state index contributed by atoms with van der Waals surface area (Å²) in [5, 5.41) is 8.57. The molecular formula is C10H18F3NO2S. The highest BCUT2D eigenvalue weighted by molar-refractivity contribution is 8.00. The van der Waals surface area contributed by atoms with E-state index in [4.69, 9.17) is 5.11 Å². The van der Waals surface area contributed by atoms with E-state index < -0.39 is 11.5 Å². The first-order valence-corrected chi connectivity index (χ1v) is 6.18. The number of rotatable bonds is 6. The van der Waals surface area contributed by atoms with Crippen molar-refractivity contribution >= 4 is 17.7 Å². The summed E-state index contributed by atoms with van der Waals surface area (Å²) in [7, 11) is 0.